The van der Waals surface area contributed by atoms with Gasteiger partial charge in [0.2, 0.25) is 5.95 Å². The van der Waals surface area contributed by atoms with Crippen molar-refractivity contribution in [2.75, 3.05) is 30.8 Å². The molecule has 2 aliphatic rings. The molecule has 2 saturated heterocycles. The normalized spacial score (nSPS) is 22.4. The zero-order chi connectivity index (χ0) is 19.5. The summed E-state index contributed by atoms with van der Waals surface area (Å²) in [7, 11) is 1.47. The number of anilines is 3. The second-order valence-electron chi connectivity index (χ2n) is 7.39. The zero-order valence-electron chi connectivity index (χ0n) is 15.9. The van der Waals surface area contributed by atoms with Crippen molar-refractivity contribution < 1.29 is 13.5 Å². The van der Waals surface area contributed by atoms with Crippen molar-refractivity contribution in [1.29, 1.82) is 0 Å². The predicted octanol–water partition coefficient (Wildman–Crippen LogP) is 3.94. The lowest BCUT2D eigenvalue weighted by molar-refractivity contribution is 0.0975. The molecule has 1 aromatic carbocycles. The first kappa shape index (κ1) is 18.9. The summed E-state index contributed by atoms with van der Waals surface area (Å²) in [4.78, 5) is 10.8. The summed E-state index contributed by atoms with van der Waals surface area (Å²) >= 11 is 0. The Bertz CT molecular complexity index is 832. The van der Waals surface area contributed by atoms with E-state index in [0.717, 1.165) is 38.5 Å². The first-order chi connectivity index (χ1) is 13.6. The molecule has 1 aromatic heterocycles. The summed E-state index contributed by atoms with van der Waals surface area (Å²) < 4.78 is 33.1. The van der Waals surface area contributed by atoms with Crippen molar-refractivity contribution in [3.8, 4) is 5.75 Å². The number of hydrogen-bond donors (Lipinski definition) is 2. The van der Waals surface area contributed by atoms with Crippen molar-refractivity contribution in [3.05, 3.63) is 36.0 Å². The molecule has 6 nitrogen and oxygen atoms in total. The summed E-state index contributed by atoms with van der Waals surface area (Å²) in [6.07, 6.45) is 6.79. The topological polar surface area (TPSA) is 62.3 Å². The van der Waals surface area contributed by atoms with E-state index in [0.29, 0.717) is 17.5 Å². The largest absolute Gasteiger partial charge is 0.497 e. The van der Waals surface area contributed by atoms with Gasteiger partial charge in [0, 0.05) is 29.9 Å². The minimum Gasteiger partial charge on any atom is -0.497 e. The number of rotatable bonds is 5. The monoisotopic (exact) mass is 389 g/mol. The molecule has 0 amide bonds. The summed E-state index contributed by atoms with van der Waals surface area (Å²) in [6, 6.07) is 4.80. The van der Waals surface area contributed by atoms with Gasteiger partial charge in [0.05, 0.1) is 13.3 Å². The number of piperidine rings is 2. The third-order valence-electron chi connectivity index (χ3n) is 5.52. The molecule has 28 heavy (non-hydrogen) atoms. The molecule has 0 radical (unpaired) electrons. The standard InChI is InChI=1S/C20H25F2N5O/c1-28-15-10-13(21)9-14(11-15)24-20-23-12-16(22)19(26-20)25-17-5-4-8-27-7-3-2-6-18(17)27/h9-12,17-18H,2-8H2,1H3,(H2,23,24,25,26)/t17-,18-/m1/s1. The Labute approximate surface area is 163 Å². The van der Waals surface area contributed by atoms with Crippen molar-refractivity contribution in [2.24, 2.45) is 0 Å². The highest BCUT2D eigenvalue weighted by Gasteiger charge is 2.33. The second kappa shape index (κ2) is 8.26. The fraction of sp³-hybridized carbons (Fsp3) is 0.500. The van der Waals surface area contributed by atoms with Crippen LogP contribution in [0.15, 0.2) is 24.4 Å². The van der Waals surface area contributed by atoms with Crippen LogP contribution in [0.3, 0.4) is 0 Å². The Balaban J connectivity index is 1.51. The van der Waals surface area contributed by atoms with E-state index in [1.807, 2.05) is 0 Å². The maximum absolute atomic E-state index is 14.4. The van der Waals surface area contributed by atoms with Gasteiger partial charge in [-0.1, -0.05) is 6.42 Å². The number of methoxy groups -OCH3 is 1. The van der Waals surface area contributed by atoms with Crippen LogP contribution >= 0.6 is 0 Å². The van der Waals surface area contributed by atoms with Gasteiger partial charge in [-0.3, -0.25) is 4.90 Å². The number of ether oxygens (including phenoxy) is 1. The van der Waals surface area contributed by atoms with Crippen LogP contribution in [-0.2, 0) is 0 Å². The van der Waals surface area contributed by atoms with Gasteiger partial charge < -0.3 is 15.4 Å². The van der Waals surface area contributed by atoms with Gasteiger partial charge in [0.1, 0.15) is 11.6 Å². The minimum absolute atomic E-state index is 0.167. The second-order valence-corrected chi connectivity index (χ2v) is 7.39. The number of halogens is 2. The van der Waals surface area contributed by atoms with Crippen molar-refractivity contribution in [2.45, 2.75) is 44.2 Å². The molecular formula is C20H25F2N5O. The lowest BCUT2D eigenvalue weighted by atomic mass is 9.89. The van der Waals surface area contributed by atoms with E-state index in [1.54, 1.807) is 6.07 Å². The molecule has 150 valence electrons. The first-order valence-electron chi connectivity index (χ1n) is 9.77. The molecular weight excluding hydrogens is 364 g/mol. The number of aromatic nitrogens is 2. The molecule has 0 saturated carbocycles. The number of hydrogen-bond acceptors (Lipinski definition) is 6. The van der Waals surface area contributed by atoms with Crippen molar-refractivity contribution in [3.63, 3.8) is 0 Å². The first-order valence-corrected chi connectivity index (χ1v) is 9.77. The van der Waals surface area contributed by atoms with Crippen molar-refractivity contribution >= 4 is 17.5 Å². The smallest absolute Gasteiger partial charge is 0.229 e. The highest BCUT2D eigenvalue weighted by Crippen LogP contribution is 2.29. The van der Waals surface area contributed by atoms with Gasteiger partial charge in [0.15, 0.2) is 11.6 Å². The molecule has 2 aliphatic heterocycles. The Morgan fingerprint density at radius 2 is 1.96 bits per heavy atom. The minimum atomic E-state index is -0.490. The maximum atomic E-state index is 14.4. The molecule has 2 N–H and O–H groups in total. The van der Waals surface area contributed by atoms with Crippen LogP contribution in [0, 0.1) is 11.6 Å². The van der Waals surface area contributed by atoms with E-state index in [9.17, 15) is 8.78 Å². The molecule has 0 bridgehead atoms. The fourth-order valence-electron chi connectivity index (χ4n) is 4.21. The zero-order valence-corrected chi connectivity index (χ0v) is 15.9. The molecule has 2 aromatic rings. The average Bonchev–Trinajstić information content (AvgIpc) is 2.70. The molecule has 8 heteroatoms. The van der Waals surface area contributed by atoms with Gasteiger partial charge in [-0.2, -0.15) is 4.98 Å². The molecule has 0 spiro atoms. The van der Waals surface area contributed by atoms with Crippen LogP contribution in [-0.4, -0.2) is 47.2 Å². The highest BCUT2D eigenvalue weighted by atomic mass is 19.1. The summed E-state index contributed by atoms with van der Waals surface area (Å²) in [6.45, 7) is 2.23. The molecule has 2 atom stereocenters. The average molecular weight is 389 g/mol. The van der Waals surface area contributed by atoms with Gasteiger partial charge in [-0.15, -0.1) is 0 Å². The van der Waals surface area contributed by atoms with Gasteiger partial charge in [-0.25, -0.2) is 13.8 Å². The molecule has 4 rings (SSSR count). The third kappa shape index (κ3) is 4.16. The number of nitrogens with one attached hydrogen (secondary N) is 2. The molecule has 2 fully saturated rings. The Hall–Kier alpha value is -2.48. The lowest BCUT2D eigenvalue weighted by Gasteiger charge is -2.44. The fourth-order valence-corrected chi connectivity index (χ4v) is 4.21. The Kier molecular flexibility index (Phi) is 5.57. The van der Waals surface area contributed by atoms with E-state index in [4.69, 9.17) is 4.74 Å². The van der Waals surface area contributed by atoms with E-state index in [-0.39, 0.29) is 17.8 Å². The summed E-state index contributed by atoms with van der Waals surface area (Å²) in [5, 5.41) is 6.22. The van der Waals surface area contributed by atoms with Crippen LogP contribution in [0.4, 0.5) is 26.2 Å². The molecule has 3 heterocycles. The SMILES string of the molecule is COc1cc(F)cc(Nc2ncc(F)c(N[C@@H]3CCCN4CCCC[C@H]34)n2)c1. The van der Waals surface area contributed by atoms with Crippen LogP contribution in [0.5, 0.6) is 5.75 Å². The van der Waals surface area contributed by atoms with Crippen molar-refractivity contribution in [1.82, 2.24) is 14.9 Å². The Morgan fingerprint density at radius 3 is 2.82 bits per heavy atom. The van der Waals surface area contributed by atoms with Crippen LogP contribution in [0.1, 0.15) is 32.1 Å². The van der Waals surface area contributed by atoms with E-state index in [1.165, 1.54) is 32.1 Å². The lowest BCUT2D eigenvalue weighted by Crippen LogP contribution is -2.53. The quantitative estimate of drug-likeness (QED) is 0.808. The van der Waals surface area contributed by atoms with E-state index < -0.39 is 11.6 Å². The van der Waals surface area contributed by atoms with E-state index in [2.05, 4.69) is 25.5 Å². The van der Waals surface area contributed by atoms with Gasteiger partial charge in [-0.05, 0) is 44.8 Å². The molecule has 0 unspecified atom stereocenters. The third-order valence-corrected chi connectivity index (χ3v) is 5.52. The summed E-state index contributed by atoms with van der Waals surface area (Å²) in [5.74, 6) is -0.175. The number of nitrogens with zero attached hydrogens (tertiary/aromatic N) is 3. The van der Waals surface area contributed by atoms with Crippen LogP contribution in [0.2, 0.25) is 0 Å². The highest BCUT2D eigenvalue weighted by molar-refractivity contribution is 5.57. The predicted molar refractivity (Wildman–Crippen MR) is 104 cm³/mol. The maximum Gasteiger partial charge on any atom is 0.229 e. The molecule has 0 aliphatic carbocycles. The van der Waals surface area contributed by atoms with Gasteiger partial charge in [0.25, 0.3) is 0 Å². The van der Waals surface area contributed by atoms with E-state index >= 15 is 0 Å². The van der Waals surface area contributed by atoms with Gasteiger partial charge >= 0.3 is 0 Å². The Morgan fingerprint density at radius 1 is 1.11 bits per heavy atom. The number of benzene rings is 1. The van der Waals surface area contributed by atoms with Crippen LogP contribution in [0.25, 0.3) is 0 Å². The van der Waals surface area contributed by atoms with Crippen LogP contribution < -0.4 is 15.4 Å². The number of fused-ring (bicyclic) bond motifs is 1. The summed E-state index contributed by atoms with van der Waals surface area (Å²) in [5.41, 5.74) is 0.436.